The third kappa shape index (κ3) is 8.58. The number of ether oxygens (including phenoxy) is 4. The quantitative estimate of drug-likeness (QED) is 0.184. The van der Waals surface area contributed by atoms with Crippen molar-refractivity contribution in [1.82, 2.24) is 39.4 Å². The minimum Gasteiger partial charge on any atom is -0.487 e. The lowest BCUT2D eigenvalue weighted by Crippen LogP contribution is -2.51. The van der Waals surface area contributed by atoms with Gasteiger partial charge < -0.3 is 24.3 Å². The van der Waals surface area contributed by atoms with Crippen molar-refractivity contribution in [2.75, 3.05) is 38.7 Å². The topological polar surface area (TPSA) is 127 Å². The van der Waals surface area contributed by atoms with E-state index >= 15 is 0 Å². The average molecular weight is 666 g/mol. The Morgan fingerprint density at radius 1 is 1.02 bits per heavy atom. The molecule has 14 heteroatoms. The van der Waals surface area contributed by atoms with Crippen molar-refractivity contribution >= 4 is 23.2 Å². The average Bonchev–Trinajstić information content (AvgIpc) is 3.72. The zero-order valence-corrected chi connectivity index (χ0v) is 28.2. The molecule has 6 rings (SSSR count). The van der Waals surface area contributed by atoms with Crippen molar-refractivity contribution in [3.63, 3.8) is 0 Å². The Morgan fingerprint density at radius 2 is 1.77 bits per heavy atom. The Labute approximate surface area is 280 Å². The molecule has 1 saturated carbocycles. The molecule has 2 aliphatic rings. The number of hydrogen-bond acceptors (Lipinski definition) is 11. The molecule has 1 aliphatic carbocycles. The summed E-state index contributed by atoms with van der Waals surface area (Å²) in [5.41, 5.74) is 2.43. The molecule has 1 N–H and O–H groups in total. The molecular weight excluding hydrogens is 622 g/mol. The van der Waals surface area contributed by atoms with Gasteiger partial charge in [0.25, 0.3) is 5.88 Å². The molecule has 0 spiro atoms. The Bertz CT molecular complexity index is 1550. The van der Waals surface area contributed by atoms with Gasteiger partial charge >= 0.3 is 0 Å². The van der Waals surface area contributed by atoms with E-state index in [4.69, 9.17) is 35.6 Å². The third-order valence-electron chi connectivity index (χ3n) is 8.63. The summed E-state index contributed by atoms with van der Waals surface area (Å²) in [7, 11) is 1.65. The molecule has 1 aliphatic heterocycles. The molecule has 0 amide bonds. The molecule has 47 heavy (non-hydrogen) atoms. The van der Waals surface area contributed by atoms with Gasteiger partial charge in [-0.3, -0.25) is 9.58 Å². The van der Waals surface area contributed by atoms with E-state index < -0.39 is 0 Å². The molecule has 0 bridgehead atoms. The van der Waals surface area contributed by atoms with Crippen molar-refractivity contribution in [2.24, 2.45) is 0 Å². The number of morpholine rings is 1. The minimum atomic E-state index is -0.166. The van der Waals surface area contributed by atoms with Crippen molar-refractivity contribution < 1.29 is 18.9 Å². The van der Waals surface area contributed by atoms with Crippen LogP contribution in [-0.2, 0) is 16.0 Å². The van der Waals surface area contributed by atoms with E-state index in [1.807, 2.05) is 36.0 Å². The smallest absolute Gasteiger partial charge is 0.257 e. The second kappa shape index (κ2) is 15.4. The lowest BCUT2D eigenvalue weighted by Gasteiger charge is -2.42. The molecule has 3 atom stereocenters. The fraction of sp³-hybridized carbons (Fsp3) is 0.545. The summed E-state index contributed by atoms with van der Waals surface area (Å²) in [5, 5.41) is 12.8. The number of benzene rings is 1. The summed E-state index contributed by atoms with van der Waals surface area (Å²) in [4.78, 5) is 15.8. The first-order valence-corrected chi connectivity index (χ1v) is 16.7. The Kier molecular flexibility index (Phi) is 10.9. The number of nitrogens with one attached hydrogen (secondary N) is 1. The molecule has 252 valence electrons. The fourth-order valence-corrected chi connectivity index (χ4v) is 6.62. The van der Waals surface area contributed by atoms with Gasteiger partial charge in [0.2, 0.25) is 5.95 Å². The first kappa shape index (κ1) is 33.1. The molecule has 4 aromatic rings. The second-order valence-corrected chi connectivity index (χ2v) is 12.9. The van der Waals surface area contributed by atoms with Gasteiger partial charge in [0.05, 0.1) is 42.6 Å². The number of methoxy groups -OCH3 is 1. The molecule has 2 fully saturated rings. The van der Waals surface area contributed by atoms with Crippen LogP contribution >= 0.6 is 11.6 Å². The summed E-state index contributed by atoms with van der Waals surface area (Å²) in [6.45, 7) is 9.70. The van der Waals surface area contributed by atoms with Gasteiger partial charge in [-0.2, -0.15) is 5.10 Å². The standard InChI is InChI=1S/C33H44ClN9O4/c1-22-16-41(17-23(2)46-22)27-6-8-28(9-7-27)43-19-30(32(40-43)45-12-11-44-4)39-33-36-14-26(15-37-33)25-5-10-29(34)31(13-25)47-24(3)18-42-21-35-20-38-42/h5,10,13-15,19-24,27-28H,6-9,11-12,16-18H2,1-4H3,(H,36,37,39)/t22-,23+,24-,27-,28-/m0/s1. The lowest BCUT2D eigenvalue weighted by molar-refractivity contribution is -0.0852. The van der Waals surface area contributed by atoms with Gasteiger partial charge in [0, 0.05) is 44.2 Å². The van der Waals surface area contributed by atoms with Crippen LogP contribution in [-0.4, -0.2) is 97.2 Å². The van der Waals surface area contributed by atoms with Crippen molar-refractivity contribution in [3.8, 4) is 22.8 Å². The normalized spacial score (nSPS) is 22.6. The van der Waals surface area contributed by atoms with Crippen LogP contribution in [0.5, 0.6) is 11.6 Å². The maximum absolute atomic E-state index is 6.46. The minimum absolute atomic E-state index is 0.166. The first-order valence-electron chi connectivity index (χ1n) is 16.3. The van der Waals surface area contributed by atoms with Crippen molar-refractivity contribution in [3.05, 3.63) is 54.5 Å². The Hall–Kier alpha value is -3.78. The largest absolute Gasteiger partial charge is 0.487 e. The van der Waals surface area contributed by atoms with E-state index in [1.165, 1.54) is 6.33 Å². The van der Waals surface area contributed by atoms with Crippen LogP contribution in [0.2, 0.25) is 5.02 Å². The SMILES string of the molecule is COCCOc1nn([C@H]2CC[C@H](N3C[C@@H](C)O[C@@H](C)C3)CC2)cc1Nc1ncc(-c2ccc(Cl)c(O[C@@H](C)Cn3cncn3)c2)cn1. The second-order valence-electron chi connectivity index (χ2n) is 12.5. The van der Waals surface area contributed by atoms with Crippen LogP contribution in [0.4, 0.5) is 11.6 Å². The fourth-order valence-electron chi connectivity index (χ4n) is 6.46. The lowest BCUT2D eigenvalue weighted by atomic mass is 9.89. The van der Waals surface area contributed by atoms with Gasteiger partial charge in [-0.25, -0.2) is 19.6 Å². The maximum atomic E-state index is 6.46. The van der Waals surface area contributed by atoms with E-state index in [9.17, 15) is 0 Å². The van der Waals surface area contributed by atoms with E-state index in [1.54, 1.807) is 30.5 Å². The van der Waals surface area contributed by atoms with E-state index in [2.05, 4.69) is 44.1 Å². The highest BCUT2D eigenvalue weighted by atomic mass is 35.5. The number of halogens is 1. The summed E-state index contributed by atoms with van der Waals surface area (Å²) in [6.07, 6.45) is 13.5. The third-order valence-corrected chi connectivity index (χ3v) is 8.94. The maximum Gasteiger partial charge on any atom is 0.257 e. The summed E-state index contributed by atoms with van der Waals surface area (Å²) < 4.78 is 27.1. The predicted molar refractivity (Wildman–Crippen MR) is 178 cm³/mol. The van der Waals surface area contributed by atoms with Crippen LogP contribution < -0.4 is 14.8 Å². The Morgan fingerprint density at radius 3 is 2.47 bits per heavy atom. The first-order chi connectivity index (χ1) is 22.8. The number of rotatable bonds is 13. The van der Waals surface area contributed by atoms with Gasteiger partial charge in [-0.1, -0.05) is 17.7 Å². The van der Waals surface area contributed by atoms with E-state index in [-0.39, 0.29) is 18.3 Å². The molecule has 13 nitrogen and oxygen atoms in total. The molecule has 1 aromatic carbocycles. The predicted octanol–water partition coefficient (Wildman–Crippen LogP) is 5.41. The van der Waals surface area contributed by atoms with E-state index in [0.29, 0.717) is 54.4 Å². The number of aromatic nitrogens is 7. The highest BCUT2D eigenvalue weighted by molar-refractivity contribution is 6.32. The molecule has 1 saturated heterocycles. The molecular formula is C33H44ClN9O4. The summed E-state index contributed by atoms with van der Waals surface area (Å²) in [5.74, 6) is 1.52. The van der Waals surface area contributed by atoms with Gasteiger partial charge in [-0.15, -0.1) is 5.10 Å². The van der Waals surface area contributed by atoms with Crippen molar-refractivity contribution in [1.29, 1.82) is 0 Å². The van der Waals surface area contributed by atoms with Crippen LogP contribution in [0.3, 0.4) is 0 Å². The molecule has 0 radical (unpaired) electrons. The number of anilines is 2. The highest BCUT2D eigenvalue weighted by Gasteiger charge is 2.32. The number of hydrogen-bond donors (Lipinski definition) is 1. The van der Waals surface area contributed by atoms with Gasteiger partial charge in [0.15, 0.2) is 0 Å². The molecule has 3 aromatic heterocycles. The zero-order chi connectivity index (χ0) is 32.8. The monoisotopic (exact) mass is 665 g/mol. The van der Waals surface area contributed by atoms with Crippen molar-refractivity contribution in [2.45, 2.75) is 83.4 Å². The van der Waals surface area contributed by atoms with Gasteiger partial charge in [-0.05, 0) is 64.2 Å². The Balaban J connectivity index is 1.11. The van der Waals surface area contributed by atoms with Crippen LogP contribution in [0, 0.1) is 0 Å². The molecule has 4 heterocycles. The van der Waals surface area contributed by atoms with Crippen LogP contribution in [0.25, 0.3) is 11.1 Å². The zero-order valence-electron chi connectivity index (χ0n) is 27.5. The molecule has 0 unspecified atom stereocenters. The van der Waals surface area contributed by atoms with Gasteiger partial charge in [0.1, 0.15) is 36.8 Å². The van der Waals surface area contributed by atoms with Crippen LogP contribution in [0.1, 0.15) is 52.5 Å². The van der Waals surface area contributed by atoms with Crippen LogP contribution in [0.15, 0.2) is 49.4 Å². The summed E-state index contributed by atoms with van der Waals surface area (Å²) in [6, 6.07) is 6.51. The summed E-state index contributed by atoms with van der Waals surface area (Å²) >= 11 is 6.46. The number of nitrogens with zero attached hydrogens (tertiary/aromatic N) is 8. The highest BCUT2D eigenvalue weighted by Crippen LogP contribution is 2.36. The van der Waals surface area contributed by atoms with E-state index in [0.717, 1.165) is 55.6 Å².